The smallest absolute Gasteiger partial charge is 0.239 e. The summed E-state index contributed by atoms with van der Waals surface area (Å²) < 4.78 is 22.5. The number of nitrogens with two attached hydrogens (primary N) is 1. The van der Waals surface area contributed by atoms with Gasteiger partial charge in [0.1, 0.15) is 9.84 Å². The molecule has 2 N–H and O–H groups in total. The highest BCUT2D eigenvalue weighted by molar-refractivity contribution is 7.90. The van der Waals surface area contributed by atoms with Crippen LogP contribution in [0.15, 0.2) is 30.3 Å². The quantitative estimate of drug-likeness (QED) is 0.846. The molecule has 3 atom stereocenters. The Bertz CT molecular complexity index is 645. The second kappa shape index (κ2) is 8.12. The molecule has 0 radical (unpaired) electrons. The maximum atomic E-state index is 12.5. The van der Waals surface area contributed by atoms with Crippen LogP contribution in [0.3, 0.4) is 0 Å². The van der Waals surface area contributed by atoms with E-state index < -0.39 is 15.9 Å². The molecule has 1 aromatic carbocycles. The van der Waals surface area contributed by atoms with Crippen molar-refractivity contribution in [3.63, 3.8) is 0 Å². The number of hydrogen-bond acceptors (Lipinski definition) is 4. The zero-order chi connectivity index (χ0) is 17.7. The molecule has 1 heterocycles. The fourth-order valence-electron chi connectivity index (χ4n) is 3.48. The number of benzene rings is 1. The van der Waals surface area contributed by atoms with Crippen LogP contribution in [-0.2, 0) is 14.6 Å². The lowest BCUT2D eigenvalue weighted by molar-refractivity contribution is -0.134. The van der Waals surface area contributed by atoms with Gasteiger partial charge in [-0.2, -0.15) is 0 Å². The number of carbonyl (C=O) groups excluding carboxylic acids is 1. The van der Waals surface area contributed by atoms with Crippen molar-refractivity contribution < 1.29 is 13.2 Å². The number of likely N-dealkylation sites (tertiary alicyclic amines) is 1. The molecule has 6 heteroatoms. The second-order valence-corrected chi connectivity index (χ2v) is 9.04. The molecule has 3 unspecified atom stereocenters. The molecule has 1 amide bonds. The third-order valence-corrected chi connectivity index (χ3v) is 5.89. The summed E-state index contributed by atoms with van der Waals surface area (Å²) in [6.45, 7) is 3.53. The van der Waals surface area contributed by atoms with Crippen LogP contribution in [0.1, 0.15) is 37.7 Å². The van der Waals surface area contributed by atoms with E-state index in [0.717, 1.165) is 12.8 Å². The van der Waals surface area contributed by atoms with Crippen LogP contribution in [0.2, 0.25) is 0 Å². The molecule has 1 aliphatic heterocycles. The summed E-state index contributed by atoms with van der Waals surface area (Å²) in [4.78, 5) is 14.3. The molecule has 0 spiro atoms. The molecule has 5 nitrogen and oxygen atoms in total. The van der Waals surface area contributed by atoms with Crippen LogP contribution >= 0.6 is 0 Å². The summed E-state index contributed by atoms with van der Waals surface area (Å²) in [6.07, 6.45) is 3.28. The Hall–Kier alpha value is -1.40. The Morgan fingerprint density at radius 2 is 2.00 bits per heavy atom. The van der Waals surface area contributed by atoms with E-state index in [0.29, 0.717) is 24.9 Å². The van der Waals surface area contributed by atoms with Crippen molar-refractivity contribution >= 4 is 15.7 Å². The molecule has 1 fully saturated rings. The van der Waals surface area contributed by atoms with Crippen LogP contribution < -0.4 is 5.73 Å². The van der Waals surface area contributed by atoms with Gasteiger partial charge in [-0.1, -0.05) is 43.7 Å². The highest BCUT2D eigenvalue weighted by atomic mass is 32.2. The molecular weight excluding hydrogens is 324 g/mol. The van der Waals surface area contributed by atoms with Crippen molar-refractivity contribution in [3.05, 3.63) is 35.9 Å². The van der Waals surface area contributed by atoms with Gasteiger partial charge in [0.15, 0.2) is 0 Å². The molecular formula is C18H28N2O3S. The van der Waals surface area contributed by atoms with Crippen molar-refractivity contribution in [3.8, 4) is 0 Å². The summed E-state index contributed by atoms with van der Waals surface area (Å²) in [5.74, 6) is 0.709. The van der Waals surface area contributed by atoms with Gasteiger partial charge >= 0.3 is 0 Å². The van der Waals surface area contributed by atoms with Gasteiger partial charge in [0.25, 0.3) is 0 Å². The number of amides is 1. The largest absolute Gasteiger partial charge is 0.341 e. The van der Waals surface area contributed by atoms with Gasteiger partial charge in [0.05, 0.1) is 11.8 Å². The minimum atomic E-state index is -3.09. The normalized spacial score (nSPS) is 23.0. The number of carbonyl (C=O) groups is 1. The third kappa shape index (κ3) is 5.05. The van der Waals surface area contributed by atoms with E-state index in [2.05, 4.69) is 31.2 Å². The van der Waals surface area contributed by atoms with Crippen LogP contribution in [0.5, 0.6) is 0 Å². The van der Waals surface area contributed by atoms with Crippen molar-refractivity contribution in [2.75, 3.05) is 25.1 Å². The molecule has 1 aliphatic rings. The van der Waals surface area contributed by atoms with E-state index in [1.807, 2.05) is 11.0 Å². The van der Waals surface area contributed by atoms with Gasteiger partial charge in [-0.05, 0) is 30.2 Å². The summed E-state index contributed by atoms with van der Waals surface area (Å²) in [7, 11) is -3.09. The highest BCUT2D eigenvalue weighted by Crippen LogP contribution is 2.35. The maximum Gasteiger partial charge on any atom is 0.239 e. The molecule has 2 rings (SSSR count). The van der Waals surface area contributed by atoms with Crippen molar-refractivity contribution in [1.29, 1.82) is 0 Å². The number of sulfone groups is 1. The summed E-state index contributed by atoms with van der Waals surface area (Å²) in [5.41, 5.74) is 7.26. The van der Waals surface area contributed by atoms with E-state index >= 15 is 0 Å². The molecule has 24 heavy (non-hydrogen) atoms. The summed E-state index contributed by atoms with van der Waals surface area (Å²) >= 11 is 0. The van der Waals surface area contributed by atoms with Crippen LogP contribution in [-0.4, -0.2) is 50.4 Å². The summed E-state index contributed by atoms with van der Waals surface area (Å²) in [6, 6.07) is 9.71. The van der Waals surface area contributed by atoms with Crippen LogP contribution in [0.25, 0.3) is 0 Å². The molecule has 0 bridgehead atoms. The fraction of sp³-hybridized carbons (Fsp3) is 0.611. The molecule has 0 aliphatic carbocycles. The second-order valence-electron chi connectivity index (χ2n) is 6.78. The number of hydrogen-bond donors (Lipinski definition) is 1. The van der Waals surface area contributed by atoms with Gasteiger partial charge in [-0.3, -0.25) is 4.79 Å². The van der Waals surface area contributed by atoms with E-state index in [1.54, 1.807) is 0 Å². The lowest BCUT2D eigenvalue weighted by Gasteiger charge is -2.39. The minimum Gasteiger partial charge on any atom is -0.341 e. The standard InChI is InChI=1S/C18H28N2O3S/c1-3-14-13-20(18(21)17(19)10-12-24(2,22)23)11-9-16(14)15-7-5-4-6-8-15/h4-8,14,16-17H,3,9-13,19H2,1-2H3. The Morgan fingerprint density at radius 3 is 2.58 bits per heavy atom. The lowest BCUT2D eigenvalue weighted by Crippen LogP contribution is -2.50. The maximum absolute atomic E-state index is 12.5. The predicted octanol–water partition coefficient (Wildman–Crippen LogP) is 1.79. The SMILES string of the molecule is CCC1CN(C(=O)C(N)CCS(C)(=O)=O)CCC1c1ccccc1. The molecule has 1 aromatic rings. The van der Waals surface area contributed by atoms with Gasteiger partial charge in [0.2, 0.25) is 5.91 Å². The van der Waals surface area contributed by atoms with Gasteiger partial charge in [-0.15, -0.1) is 0 Å². The first-order valence-corrected chi connectivity index (χ1v) is 10.6. The third-order valence-electron chi connectivity index (χ3n) is 4.91. The first-order valence-electron chi connectivity index (χ1n) is 8.59. The predicted molar refractivity (Wildman–Crippen MR) is 96.5 cm³/mol. The topological polar surface area (TPSA) is 80.5 Å². The van der Waals surface area contributed by atoms with E-state index in [9.17, 15) is 13.2 Å². The number of nitrogens with zero attached hydrogens (tertiary/aromatic N) is 1. The molecule has 1 saturated heterocycles. The molecule has 134 valence electrons. The van der Waals surface area contributed by atoms with Gasteiger partial charge in [-0.25, -0.2) is 8.42 Å². The van der Waals surface area contributed by atoms with E-state index in [1.165, 1.54) is 11.8 Å². The average molecular weight is 353 g/mol. The van der Waals surface area contributed by atoms with E-state index in [4.69, 9.17) is 5.73 Å². The van der Waals surface area contributed by atoms with Crippen LogP contribution in [0, 0.1) is 5.92 Å². The lowest BCUT2D eigenvalue weighted by atomic mass is 9.79. The van der Waals surface area contributed by atoms with Crippen molar-refractivity contribution in [2.45, 2.75) is 38.1 Å². The highest BCUT2D eigenvalue weighted by Gasteiger charge is 2.33. The van der Waals surface area contributed by atoms with Crippen molar-refractivity contribution in [2.24, 2.45) is 11.7 Å². The monoisotopic (exact) mass is 352 g/mol. The zero-order valence-electron chi connectivity index (χ0n) is 14.5. The number of rotatable bonds is 6. The minimum absolute atomic E-state index is 0.0441. The van der Waals surface area contributed by atoms with Gasteiger partial charge < -0.3 is 10.6 Å². The number of piperidine rings is 1. The fourth-order valence-corrected chi connectivity index (χ4v) is 4.17. The average Bonchev–Trinajstić information content (AvgIpc) is 2.58. The van der Waals surface area contributed by atoms with Crippen molar-refractivity contribution in [1.82, 2.24) is 4.90 Å². The van der Waals surface area contributed by atoms with E-state index in [-0.39, 0.29) is 18.1 Å². The first-order chi connectivity index (χ1) is 11.3. The Labute approximate surface area is 145 Å². The Balaban J connectivity index is 1.98. The zero-order valence-corrected chi connectivity index (χ0v) is 15.3. The first kappa shape index (κ1) is 18.9. The molecule has 0 aromatic heterocycles. The molecule has 0 saturated carbocycles. The Kier molecular flexibility index (Phi) is 6.40. The summed E-state index contributed by atoms with van der Waals surface area (Å²) in [5, 5.41) is 0. The van der Waals surface area contributed by atoms with Crippen LogP contribution in [0.4, 0.5) is 0 Å². The Morgan fingerprint density at radius 1 is 1.33 bits per heavy atom. The van der Waals surface area contributed by atoms with Gasteiger partial charge in [0, 0.05) is 19.3 Å².